The molecule has 0 aromatic heterocycles. The van der Waals surface area contributed by atoms with Crippen LogP contribution in [0.15, 0.2) is 18.2 Å². The van der Waals surface area contributed by atoms with Crippen LogP contribution in [0.25, 0.3) is 0 Å². The molecule has 1 heterocycles. The predicted octanol–water partition coefficient (Wildman–Crippen LogP) is 1.27. The number of benzene rings is 1. The first-order chi connectivity index (χ1) is 11.5. The SMILES string of the molecule is COc1cc(NC(=O)C2(N)CCCC2)ccc1N1CCOCC1=O. The molecule has 1 aliphatic heterocycles. The van der Waals surface area contributed by atoms with Crippen molar-refractivity contribution in [1.82, 2.24) is 0 Å². The number of rotatable bonds is 4. The van der Waals surface area contributed by atoms with Gasteiger partial charge in [-0.2, -0.15) is 0 Å². The molecule has 1 aromatic carbocycles. The molecule has 0 radical (unpaired) electrons. The van der Waals surface area contributed by atoms with Gasteiger partial charge in [0, 0.05) is 18.3 Å². The van der Waals surface area contributed by atoms with Gasteiger partial charge in [0.25, 0.3) is 5.91 Å². The quantitative estimate of drug-likeness (QED) is 0.865. The number of nitrogens with one attached hydrogen (secondary N) is 1. The fourth-order valence-electron chi connectivity index (χ4n) is 3.24. The molecule has 24 heavy (non-hydrogen) atoms. The minimum absolute atomic E-state index is 0.0668. The van der Waals surface area contributed by atoms with E-state index in [0.717, 1.165) is 12.8 Å². The van der Waals surface area contributed by atoms with Gasteiger partial charge in [-0.3, -0.25) is 9.59 Å². The van der Waals surface area contributed by atoms with Gasteiger partial charge in [0.2, 0.25) is 5.91 Å². The summed E-state index contributed by atoms with van der Waals surface area (Å²) >= 11 is 0. The summed E-state index contributed by atoms with van der Waals surface area (Å²) in [6.45, 7) is 1.03. The van der Waals surface area contributed by atoms with Crippen LogP contribution < -0.4 is 20.7 Å². The second-order valence-corrected chi connectivity index (χ2v) is 6.30. The highest BCUT2D eigenvalue weighted by Crippen LogP contribution is 2.33. The third-order valence-electron chi connectivity index (χ3n) is 4.66. The standard InChI is InChI=1S/C17H23N3O4/c1-23-14-10-12(19-16(22)17(18)6-2-3-7-17)4-5-13(14)20-8-9-24-11-15(20)21/h4-5,10H,2-3,6-9,11,18H2,1H3,(H,19,22). The van der Waals surface area contributed by atoms with E-state index in [1.165, 1.54) is 7.11 Å². The van der Waals surface area contributed by atoms with Crippen molar-refractivity contribution in [2.24, 2.45) is 5.73 Å². The van der Waals surface area contributed by atoms with Crippen LogP contribution in [-0.2, 0) is 14.3 Å². The normalized spacial score (nSPS) is 20.1. The zero-order valence-electron chi connectivity index (χ0n) is 13.8. The number of hydrogen-bond acceptors (Lipinski definition) is 5. The van der Waals surface area contributed by atoms with Gasteiger partial charge in [0.05, 0.1) is 24.9 Å². The second kappa shape index (κ2) is 6.78. The maximum Gasteiger partial charge on any atom is 0.253 e. The van der Waals surface area contributed by atoms with Crippen molar-refractivity contribution in [1.29, 1.82) is 0 Å². The minimum atomic E-state index is -0.786. The van der Waals surface area contributed by atoms with Crippen molar-refractivity contribution in [3.05, 3.63) is 18.2 Å². The molecule has 1 aliphatic carbocycles. The lowest BCUT2D eigenvalue weighted by atomic mass is 9.98. The van der Waals surface area contributed by atoms with E-state index in [1.54, 1.807) is 23.1 Å². The van der Waals surface area contributed by atoms with Crippen molar-refractivity contribution >= 4 is 23.2 Å². The maximum atomic E-state index is 12.4. The number of amides is 2. The molecule has 1 saturated heterocycles. The van der Waals surface area contributed by atoms with E-state index in [4.69, 9.17) is 15.2 Å². The van der Waals surface area contributed by atoms with Crippen molar-refractivity contribution in [2.45, 2.75) is 31.2 Å². The molecule has 130 valence electrons. The molecule has 1 saturated carbocycles. The number of nitrogens with two attached hydrogens (primary N) is 1. The van der Waals surface area contributed by atoms with E-state index in [9.17, 15) is 9.59 Å². The lowest BCUT2D eigenvalue weighted by Gasteiger charge is -2.28. The second-order valence-electron chi connectivity index (χ2n) is 6.30. The Balaban J connectivity index is 1.78. The highest BCUT2D eigenvalue weighted by molar-refractivity contribution is 6.00. The van der Waals surface area contributed by atoms with Crippen molar-refractivity contribution in [3.8, 4) is 5.75 Å². The van der Waals surface area contributed by atoms with Gasteiger partial charge < -0.3 is 25.4 Å². The predicted molar refractivity (Wildman–Crippen MR) is 90.2 cm³/mol. The minimum Gasteiger partial charge on any atom is -0.494 e. The number of carbonyl (C=O) groups is 2. The van der Waals surface area contributed by atoms with Crippen LogP contribution in [0.4, 0.5) is 11.4 Å². The van der Waals surface area contributed by atoms with Gasteiger partial charge in [0.1, 0.15) is 12.4 Å². The van der Waals surface area contributed by atoms with Gasteiger partial charge in [-0.25, -0.2) is 0 Å². The zero-order valence-corrected chi connectivity index (χ0v) is 13.8. The van der Waals surface area contributed by atoms with Crippen LogP contribution in [0.3, 0.4) is 0 Å². The van der Waals surface area contributed by atoms with E-state index in [0.29, 0.717) is 43.1 Å². The van der Waals surface area contributed by atoms with E-state index in [-0.39, 0.29) is 18.4 Å². The molecule has 3 N–H and O–H groups in total. The number of methoxy groups -OCH3 is 1. The van der Waals surface area contributed by atoms with Gasteiger partial charge >= 0.3 is 0 Å². The van der Waals surface area contributed by atoms with Crippen LogP contribution >= 0.6 is 0 Å². The lowest BCUT2D eigenvalue weighted by Crippen LogP contribution is -2.48. The Morgan fingerprint density at radius 2 is 2.12 bits per heavy atom. The molecule has 0 unspecified atom stereocenters. The number of carbonyl (C=O) groups excluding carboxylic acids is 2. The van der Waals surface area contributed by atoms with Gasteiger partial charge in [-0.1, -0.05) is 12.8 Å². The van der Waals surface area contributed by atoms with Crippen LogP contribution in [0, 0.1) is 0 Å². The summed E-state index contributed by atoms with van der Waals surface area (Å²) in [6.07, 6.45) is 3.36. The first kappa shape index (κ1) is 16.7. The number of anilines is 2. The maximum absolute atomic E-state index is 12.4. The van der Waals surface area contributed by atoms with Gasteiger partial charge in [0.15, 0.2) is 0 Å². The molecule has 7 heteroatoms. The lowest BCUT2D eigenvalue weighted by molar-refractivity contribution is -0.125. The molecular formula is C17H23N3O4. The Bertz CT molecular complexity index is 641. The molecule has 0 bridgehead atoms. The van der Waals surface area contributed by atoms with E-state index < -0.39 is 5.54 Å². The largest absolute Gasteiger partial charge is 0.494 e. The Hall–Kier alpha value is -2.12. The van der Waals surface area contributed by atoms with Crippen LogP contribution in [0.5, 0.6) is 5.75 Å². The Kier molecular flexibility index (Phi) is 4.73. The highest BCUT2D eigenvalue weighted by atomic mass is 16.5. The first-order valence-corrected chi connectivity index (χ1v) is 8.20. The van der Waals surface area contributed by atoms with E-state index >= 15 is 0 Å². The van der Waals surface area contributed by atoms with Crippen molar-refractivity contribution in [2.75, 3.05) is 37.1 Å². The molecule has 2 amide bonds. The summed E-state index contributed by atoms with van der Waals surface area (Å²) in [4.78, 5) is 26.1. The third-order valence-corrected chi connectivity index (χ3v) is 4.66. The van der Waals surface area contributed by atoms with Crippen molar-refractivity contribution < 1.29 is 19.1 Å². The third kappa shape index (κ3) is 3.22. The summed E-state index contributed by atoms with van der Waals surface area (Å²) < 4.78 is 10.6. The molecule has 0 atom stereocenters. The van der Waals surface area contributed by atoms with E-state index in [2.05, 4.69) is 5.32 Å². The molecule has 3 rings (SSSR count). The average molecular weight is 333 g/mol. The Morgan fingerprint density at radius 1 is 1.38 bits per heavy atom. The fourth-order valence-corrected chi connectivity index (χ4v) is 3.24. The molecule has 2 aliphatic rings. The number of morpholine rings is 1. The summed E-state index contributed by atoms with van der Waals surface area (Å²) in [5, 5.41) is 2.87. The molecule has 7 nitrogen and oxygen atoms in total. The molecular weight excluding hydrogens is 310 g/mol. The molecule has 0 spiro atoms. The van der Waals surface area contributed by atoms with Crippen LogP contribution in [0.1, 0.15) is 25.7 Å². The van der Waals surface area contributed by atoms with Gasteiger partial charge in [-0.05, 0) is 25.0 Å². The van der Waals surface area contributed by atoms with Crippen LogP contribution in [-0.4, -0.2) is 44.2 Å². The molecule has 1 aromatic rings. The molecule has 2 fully saturated rings. The smallest absolute Gasteiger partial charge is 0.253 e. The number of nitrogens with zero attached hydrogens (tertiary/aromatic N) is 1. The monoisotopic (exact) mass is 333 g/mol. The van der Waals surface area contributed by atoms with Gasteiger partial charge in [-0.15, -0.1) is 0 Å². The van der Waals surface area contributed by atoms with Crippen LogP contribution in [0.2, 0.25) is 0 Å². The zero-order chi connectivity index (χ0) is 17.2. The summed E-state index contributed by atoms with van der Waals surface area (Å²) in [5.41, 5.74) is 6.67. The first-order valence-electron chi connectivity index (χ1n) is 8.20. The fraction of sp³-hybridized carbons (Fsp3) is 0.529. The summed E-state index contributed by atoms with van der Waals surface area (Å²) in [5.74, 6) is 0.251. The summed E-state index contributed by atoms with van der Waals surface area (Å²) in [7, 11) is 1.54. The van der Waals surface area contributed by atoms with Crippen molar-refractivity contribution in [3.63, 3.8) is 0 Å². The number of ether oxygens (including phenoxy) is 2. The Labute approximate surface area is 141 Å². The number of hydrogen-bond donors (Lipinski definition) is 2. The Morgan fingerprint density at radius 3 is 2.79 bits per heavy atom. The summed E-state index contributed by atoms with van der Waals surface area (Å²) in [6, 6.07) is 5.25. The topological polar surface area (TPSA) is 93.9 Å². The van der Waals surface area contributed by atoms with E-state index in [1.807, 2.05) is 0 Å². The average Bonchev–Trinajstić information content (AvgIpc) is 3.03. The highest BCUT2D eigenvalue weighted by Gasteiger charge is 2.37.